The van der Waals surface area contributed by atoms with Crippen LogP contribution in [-0.4, -0.2) is 24.7 Å². The molecule has 0 aliphatic heterocycles. The Morgan fingerprint density at radius 3 is 2.20 bits per heavy atom. The number of amides is 2. The molecule has 1 aromatic carbocycles. The molecule has 6 nitrogen and oxygen atoms in total. The van der Waals surface area contributed by atoms with E-state index in [2.05, 4.69) is 34.4 Å². The minimum absolute atomic E-state index is 0.0902. The Bertz CT molecular complexity index is 611. The second kappa shape index (κ2) is 12.6. The van der Waals surface area contributed by atoms with Crippen LogP contribution in [0.1, 0.15) is 56.1 Å². The van der Waals surface area contributed by atoms with Crippen molar-refractivity contribution >= 4 is 30.8 Å². The molecule has 2 N–H and O–H groups in total. The lowest BCUT2D eigenvalue weighted by molar-refractivity contribution is -0.121. The smallest absolute Gasteiger partial charge is 0.240 e. The number of nitrogens with one attached hydrogen (secondary N) is 2. The van der Waals surface area contributed by atoms with E-state index in [1.807, 2.05) is 24.3 Å². The van der Waals surface area contributed by atoms with Gasteiger partial charge in [0.05, 0.1) is 6.21 Å². The average molecular weight is 342 g/mol. The molecule has 0 radical (unpaired) electrons. The van der Waals surface area contributed by atoms with Gasteiger partial charge in [-0.15, -0.1) is 0 Å². The molecular weight excluding hydrogens is 316 g/mol. The maximum Gasteiger partial charge on any atom is 0.240 e. The maximum absolute atomic E-state index is 11.7. The topological polar surface area (TPSA) is 82.9 Å². The van der Waals surface area contributed by atoms with Gasteiger partial charge in [0.1, 0.15) is 0 Å². The lowest BCUT2D eigenvalue weighted by atomic mass is 10.1. The Hall–Kier alpha value is -2.76. The van der Waals surface area contributed by atoms with Crippen LogP contribution in [0.4, 0.5) is 0 Å². The highest BCUT2D eigenvalue weighted by molar-refractivity contribution is 5.83. The monoisotopic (exact) mass is 342 g/mol. The van der Waals surface area contributed by atoms with Crippen molar-refractivity contribution in [3.63, 3.8) is 0 Å². The zero-order chi connectivity index (χ0) is 18.3. The molecule has 1 rings (SSSR count). The second-order valence-corrected chi connectivity index (χ2v) is 5.63. The molecule has 6 heteroatoms. The largest absolute Gasteiger partial charge is 0.273 e. The number of benzene rings is 1. The summed E-state index contributed by atoms with van der Waals surface area (Å²) >= 11 is 0. The van der Waals surface area contributed by atoms with E-state index >= 15 is 0 Å². The summed E-state index contributed by atoms with van der Waals surface area (Å²) in [7, 11) is 0. The zero-order valence-corrected chi connectivity index (χ0v) is 14.5. The fourth-order valence-electron chi connectivity index (χ4n) is 2.25. The predicted octanol–water partition coefficient (Wildman–Crippen LogP) is 3.24. The van der Waals surface area contributed by atoms with Gasteiger partial charge in [-0.25, -0.2) is 10.9 Å². The van der Waals surface area contributed by atoms with Gasteiger partial charge < -0.3 is 0 Å². The molecule has 0 spiro atoms. The number of hydrazone groups is 2. The molecule has 0 atom stereocenters. The summed E-state index contributed by atoms with van der Waals surface area (Å²) in [6, 6.07) is 7.71. The fourth-order valence-corrected chi connectivity index (χ4v) is 2.25. The van der Waals surface area contributed by atoms with Crippen molar-refractivity contribution in [1.29, 1.82) is 0 Å². The highest BCUT2D eigenvalue weighted by atomic mass is 16.2. The van der Waals surface area contributed by atoms with Crippen LogP contribution in [-0.2, 0) is 9.59 Å². The molecule has 0 saturated carbocycles. The van der Waals surface area contributed by atoms with Gasteiger partial charge in [-0.2, -0.15) is 10.2 Å². The third kappa shape index (κ3) is 9.86. The molecule has 0 fully saturated rings. The Kier molecular flexibility index (Phi) is 10.3. The maximum atomic E-state index is 11.7. The number of nitrogens with zero attached hydrogens (tertiary/aromatic N) is 2. The zero-order valence-electron chi connectivity index (χ0n) is 14.5. The Labute approximate surface area is 149 Å². The van der Waals surface area contributed by atoms with E-state index in [4.69, 9.17) is 0 Å². The Morgan fingerprint density at radius 1 is 0.960 bits per heavy atom. The highest BCUT2D eigenvalue weighted by Gasteiger charge is 2.01. The van der Waals surface area contributed by atoms with E-state index < -0.39 is 0 Å². The third-order valence-electron chi connectivity index (χ3n) is 3.56. The van der Waals surface area contributed by atoms with E-state index in [0.29, 0.717) is 12.8 Å². The van der Waals surface area contributed by atoms with E-state index in [-0.39, 0.29) is 11.8 Å². The van der Waals surface area contributed by atoms with Crippen LogP contribution in [0.3, 0.4) is 0 Å². The lowest BCUT2D eigenvalue weighted by Gasteiger charge is -2.02. The molecule has 0 saturated heterocycles. The van der Waals surface area contributed by atoms with Crippen LogP contribution in [0.2, 0.25) is 0 Å². The van der Waals surface area contributed by atoms with Crippen molar-refractivity contribution in [2.45, 2.75) is 44.9 Å². The summed E-state index contributed by atoms with van der Waals surface area (Å²) in [4.78, 5) is 22.8. The second-order valence-electron chi connectivity index (χ2n) is 5.63. The minimum Gasteiger partial charge on any atom is -0.273 e. The summed E-state index contributed by atoms with van der Waals surface area (Å²) in [5.41, 5.74) is 6.76. The molecule has 0 aliphatic carbocycles. The molecule has 2 amide bonds. The average Bonchev–Trinajstić information content (AvgIpc) is 2.61. The number of carbonyl (C=O) groups excluding carboxylic acids is 2. The number of hydrogen-bond donors (Lipinski definition) is 2. The molecular formula is C19H26N4O2. The molecule has 0 heterocycles. The standard InChI is InChI=1S/C19H26N4O2/c1-3-16-10-9-11-17(14-16)15-21-23-19(25)13-8-6-4-5-7-12-18(24)22-20-2/h3,9-11,14-15H,1-2,4-8,12-13H2,(H,22,24)(H,23,25)/b21-15+. The van der Waals surface area contributed by atoms with Gasteiger partial charge in [0, 0.05) is 19.6 Å². The highest BCUT2D eigenvalue weighted by Crippen LogP contribution is 2.07. The van der Waals surface area contributed by atoms with Crippen molar-refractivity contribution in [2.24, 2.45) is 10.2 Å². The normalized spacial score (nSPS) is 10.4. The van der Waals surface area contributed by atoms with Gasteiger partial charge in [0.15, 0.2) is 0 Å². The van der Waals surface area contributed by atoms with Crippen LogP contribution >= 0.6 is 0 Å². The number of hydrogen-bond acceptors (Lipinski definition) is 4. The Balaban J connectivity index is 2.08. The first-order chi connectivity index (χ1) is 12.2. The first-order valence-corrected chi connectivity index (χ1v) is 8.44. The molecule has 0 bridgehead atoms. The minimum atomic E-state index is -0.106. The van der Waals surface area contributed by atoms with E-state index in [1.165, 1.54) is 0 Å². The van der Waals surface area contributed by atoms with Crippen LogP contribution < -0.4 is 10.9 Å². The van der Waals surface area contributed by atoms with Gasteiger partial charge in [0.2, 0.25) is 11.8 Å². The summed E-state index contributed by atoms with van der Waals surface area (Å²) < 4.78 is 0. The molecule has 134 valence electrons. The summed E-state index contributed by atoms with van der Waals surface area (Å²) in [6.45, 7) is 6.92. The molecule has 0 unspecified atom stereocenters. The summed E-state index contributed by atoms with van der Waals surface area (Å²) in [5, 5.41) is 7.29. The Morgan fingerprint density at radius 2 is 1.56 bits per heavy atom. The SMILES string of the molecule is C=Cc1cccc(/C=N/NC(=O)CCCCCCCC(=O)NN=C)c1. The van der Waals surface area contributed by atoms with Crippen molar-refractivity contribution in [3.8, 4) is 0 Å². The number of carbonyl (C=O) groups is 2. The van der Waals surface area contributed by atoms with Crippen molar-refractivity contribution in [2.75, 3.05) is 0 Å². The molecule has 1 aromatic rings. The van der Waals surface area contributed by atoms with Gasteiger partial charge in [-0.1, -0.05) is 50.1 Å². The lowest BCUT2D eigenvalue weighted by Crippen LogP contribution is -2.17. The van der Waals surface area contributed by atoms with E-state index in [1.54, 1.807) is 12.3 Å². The summed E-state index contributed by atoms with van der Waals surface area (Å²) in [5.74, 6) is -0.196. The first kappa shape index (κ1) is 20.3. The van der Waals surface area contributed by atoms with Gasteiger partial charge in [0.25, 0.3) is 0 Å². The van der Waals surface area contributed by atoms with E-state index in [0.717, 1.165) is 43.2 Å². The van der Waals surface area contributed by atoms with Gasteiger partial charge in [-0.05, 0) is 30.0 Å². The van der Waals surface area contributed by atoms with Crippen molar-refractivity contribution < 1.29 is 9.59 Å². The first-order valence-electron chi connectivity index (χ1n) is 8.44. The number of rotatable bonds is 12. The van der Waals surface area contributed by atoms with Gasteiger partial charge >= 0.3 is 0 Å². The fraction of sp³-hybridized carbons (Fsp3) is 0.368. The van der Waals surface area contributed by atoms with Gasteiger partial charge in [-0.3, -0.25) is 9.59 Å². The molecule has 25 heavy (non-hydrogen) atoms. The van der Waals surface area contributed by atoms with Crippen LogP contribution in [0, 0.1) is 0 Å². The molecule has 0 aromatic heterocycles. The predicted molar refractivity (Wildman–Crippen MR) is 102 cm³/mol. The number of unbranched alkanes of at least 4 members (excludes halogenated alkanes) is 4. The summed E-state index contributed by atoms with van der Waals surface area (Å²) in [6.07, 6.45) is 8.85. The molecule has 0 aliphatic rings. The third-order valence-corrected chi connectivity index (χ3v) is 3.56. The van der Waals surface area contributed by atoms with Crippen LogP contribution in [0.25, 0.3) is 6.08 Å². The van der Waals surface area contributed by atoms with Crippen LogP contribution in [0.15, 0.2) is 41.0 Å². The van der Waals surface area contributed by atoms with E-state index in [9.17, 15) is 9.59 Å². The van der Waals surface area contributed by atoms with Crippen LogP contribution in [0.5, 0.6) is 0 Å². The quantitative estimate of drug-likeness (QED) is 0.347. The van der Waals surface area contributed by atoms with Crippen molar-refractivity contribution in [1.82, 2.24) is 10.9 Å². The van der Waals surface area contributed by atoms with Crippen molar-refractivity contribution in [3.05, 3.63) is 42.0 Å².